The third-order valence-corrected chi connectivity index (χ3v) is 9.06. The summed E-state index contributed by atoms with van der Waals surface area (Å²) in [5, 5.41) is 23.3. The van der Waals surface area contributed by atoms with Gasteiger partial charge in [-0.05, 0) is 55.3 Å². The number of Topliss-reactive ketones (excluding diaryl/α,β-unsaturated/α-hetero) is 2. The first-order valence-electron chi connectivity index (χ1n) is 13.8. The van der Waals surface area contributed by atoms with Crippen LogP contribution in [-0.2, 0) is 19.1 Å². The Morgan fingerprint density at radius 3 is 2.49 bits per heavy atom. The molecule has 0 aromatic carbocycles. The smallest absolute Gasteiger partial charge is 0.240 e. The lowest BCUT2D eigenvalue weighted by atomic mass is 9.49. The molecule has 3 aliphatic rings. The van der Waals surface area contributed by atoms with Crippen LogP contribution < -0.4 is 5.32 Å². The highest BCUT2D eigenvalue weighted by molar-refractivity contribution is 6.25. The summed E-state index contributed by atoms with van der Waals surface area (Å²) >= 11 is 0. The Labute approximate surface area is 221 Å². The molecule has 3 rings (SSSR count). The molecule has 7 heteroatoms. The third kappa shape index (κ3) is 5.99. The van der Waals surface area contributed by atoms with Gasteiger partial charge in [-0.3, -0.25) is 14.4 Å². The highest BCUT2D eigenvalue weighted by Gasteiger charge is 2.59. The zero-order valence-corrected chi connectivity index (χ0v) is 23.1. The van der Waals surface area contributed by atoms with Crippen LogP contribution in [0.5, 0.6) is 0 Å². The molecule has 206 valence electrons. The molecule has 2 fully saturated rings. The van der Waals surface area contributed by atoms with Crippen molar-refractivity contribution in [3.63, 3.8) is 0 Å². The number of hydrogen-bond donors (Lipinski definition) is 3. The van der Waals surface area contributed by atoms with Gasteiger partial charge < -0.3 is 20.3 Å². The predicted octanol–water partition coefficient (Wildman–Crippen LogP) is 3.60. The zero-order chi connectivity index (χ0) is 27.5. The van der Waals surface area contributed by atoms with E-state index in [9.17, 15) is 24.6 Å². The number of nitrogens with one attached hydrogen (secondary N) is 1. The number of rotatable bonds is 10. The Hall–Kier alpha value is -2.09. The summed E-state index contributed by atoms with van der Waals surface area (Å²) in [4.78, 5) is 39.9. The molecule has 1 saturated heterocycles. The van der Waals surface area contributed by atoms with Crippen LogP contribution in [0.25, 0.3) is 0 Å². The number of methoxy groups -OCH3 is 1. The van der Waals surface area contributed by atoms with Crippen LogP contribution in [0.4, 0.5) is 0 Å². The molecule has 11 unspecified atom stereocenters. The minimum Gasteiger partial charge on any atom is -0.393 e. The van der Waals surface area contributed by atoms with Crippen molar-refractivity contribution in [1.82, 2.24) is 5.32 Å². The first-order valence-corrected chi connectivity index (χ1v) is 13.8. The van der Waals surface area contributed by atoms with E-state index >= 15 is 0 Å². The van der Waals surface area contributed by atoms with Gasteiger partial charge in [0.25, 0.3) is 0 Å². The minimum absolute atomic E-state index is 0.00659. The molecule has 2 aliphatic carbocycles. The zero-order valence-electron chi connectivity index (χ0n) is 23.1. The van der Waals surface area contributed by atoms with Gasteiger partial charge in [0, 0.05) is 18.4 Å². The van der Waals surface area contributed by atoms with Crippen molar-refractivity contribution >= 4 is 17.5 Å². The van der Waals surface area contributed by atoms with Crippen LogP contribution >= 0.6 is 0 Å². The van der Waals surface area contributed by atoms with Crippen LogP contribution in [0.3, 0.4) is 0 Å². The van der Waals surface area contributed by atoms with Crippen LogP contribution in [0.2, 0.25) is 0 Å². The van der Waals surface area contributed by atoms with E-state index in [4.69, 9.17) is 4.74 Å². The summed E-state index contributed by atoms with van der Waals surface area (Å²) in [6.45, 7) is 10.2. The molecule has 0 aromatic heterocycles. The predicted molar refractivity (Wildman–Crippen MR) is 142 cm³/mol. The van der Waals surface area contributed by atoms with Crippen molar-refractivity contribution < 1.29 is 29.3 Å². The van der Waals surface area contributed by atoms with Gasteiger partial charge in [0.2, 0.25) is 11.7 Å². The number of aliphatic hydroxyl groups excluding tert-OH is 2. The quantitative estimate of drug-likeness (QED) is 0.233. The Kier molecular flexibility index (Phi) is 9.70. The van der Waals surface area contributed by atoms with Crippen LogP contribution in [0, 0.1) is 46.8 Å². The second-order valence-electron chi connectivity index (χ2n) is 11.7. The van der Waals surface area contributed by atoms with Gasteiger partial charge >= 0.3 is 0 Å². The average Bonchev–Trinajstić information content (AvgIpc) is 3.14. The van der Waals surface area contributed by atoms with Crippen molar-refractivity contribution in [2.75, 3.05) is 7.11 Å². The summed E-state index contributed by atoms with van der Waals surface area (Å²) in [5.74, 6) is -2.29. The van der Waals surface area contributed by atoms with Gasteiger partial charge in [-0.15, -0.1) is 0 Å². The van der Waals surface area contributed by atoms with Crippen LogP contribution in [-0.4, -0.2) is 53.2 Å². The number of ketones is 2. The summed E-state index contributed by atoms with van der Waals surface area (Å²) in [5.41, 5.74) is -0.982. The van der Waals surface area contributed by atoms with E-state index in [0.717, 1.165) is 12.8 Å². The monoisotopic (exact) mass is 515 g/mol. The molecule has 1 heterocycles. The molecular weight excluding hydrogens is 470 g/mol. The first kappa shape index (κ1) is 29.5. The van der Waals surface area contributed by atoms with E-state index in [-0.39, 0.29) is 35.4 Å². The SMILES string of the molecule is CCC(O)C(C)C=CC=CC(O)CC1C=CC2CC(C)CC(C)C2C1(C)C(=O)C1C(=O)NC(OC)C1=O. The standard InChI is InChI=1S/C30H45NO6/c1-7-23(33)18(3)10-8-9-11-22(32)16-21-13-12-20-15-17(2)14-19(4)25(20)30(21,5)27(35)24-26(34)29(37-6)31-28(24)36/h8-13,17-25,29,32-33H,7,14-16H2,1-6H3,(H,31,36). The molecule has 11 atom stereocenters. The van der Waals surface area contributed by atoms with E-state index in [2.05, 4.69) is 25.2 Å². The van der Waals surface area contributed by atoms with Crippen molar-refractivity contribution in [1.29, 1.82) is 0 Å². The molecule has 37 heavy (non-hydrogen) atoms. The highest BCUT2D eigenvalue weighted by Crippen LogP contribution is 2.56. The van der Waals surface area contributed by atoms with E-state index in [1.807, 2.05) is 39.0 Å². The van der Waals surface area contributed by atoms with Gasteiger partial charge in [0.1, 0.15) is 0 Å². The normalized spacial score (nSPS) is 38.5. The summed E-state index contributed by atoms with van der Waals surface area (Å²) in [7, 11) is 1.34. The van der Waals surface area contributed by atoms with Crippen LogP contribution in [0.15, 0.2) is 36.5 Å². The second kappa shape index (κ2) is 12.2. The molecule has 1 aliphatic heterocycles. The van der Waals surface area contributed by atoms with Gasteiger partial charge in [-0.25, -0.2) is 0 Å². The van der Waals surface area contributed by atoms with Gasteiger partial charge in [-0.1, -0.05) is 71.1 Å². The van der Waals surface area contributed by atoms with Crippen molar-refractivity contribution in [2.45, 2.75) is 78.7 Å². The largest absolute Gasteiger partial charge is 0.393 e. The summed E-state index contributed by atoms with van der Waals surface area (Å²) < 4.78 is 5.10. The number of carbonyl (C=O) groups is 3. The number of carbonyl (C=O) groups excluding carboxylic acids is 3. The minimum atomic E-state index is -1.39. The fourth-order valence-electron chi connectivity index (χ4n) is 7.11. The molecule has 1 amide bonds. The number of aliphatic hydroxyl groups is 2. The third-order valence-electron chi connectivity index (χ3n) is 9.06. The van der Waals surface area contributed by atoms with E-state index < -0.39 is 41.5 Å². The maximum Gasteiger partial charge on any atom is 0.240 e. The van der Waals surface area contributed by atoms with Gasteiger partial charge in [0.15, 0.2) is 17.9 Å². The van der Waals surface area contributed by atoms with Crippen LogP contribution in [0.1, 0.15) is 60.3 Å². The molecule has 0 bridgehead atoms. The molecular formula is C30H45NO6. The fraction of sp³-hybridized carbons (Fsp3) is 0.700. The fourth-order valence-corrected chi connectivity index (χ4v) is 7.11. The topological polar surface area (TPSA) is 113 Å². The average molecular weight is 516 g/mol. The lowest BCUT2D eigenvalue weighted by molar-refractivity contribution is -0.151. The Balaban J connectivity index is 1.88. The summed E-state index contributed by atoms with van der Waals surface area (Å²) in [6, 6.07) is 0. The first-order chi connectivity index (χ1) is 17.4. The highest BCUT2D eigenvalue weighted by atomic mass is 16.5. The molecule has 7 nitrogen and oxygen atoms in total. The Morgan fingerprint density at radius 1 is 1.19 bits per heavy atom. The lowest BCUT2D eigenvalue weighted by Crippen LogP contribution is -2.55. The van der Waals surface area contributed by atoms with E-state index in [1.165, 1.54) is 7.11 Å². The van der Waals surface area contributed by atoms with E-state index in [1.54, 1.807) is 12.2 Å². The second-order valence-corrected chi connectivity index (χ2v) is 11.7. The van der Waals surface area contributed by atoms with Gasteiger partial charge in [-0.2, -0.15) is 0 Å². The number of ether oxygens (including phenoxy) is 1. The maximum atomic E-state index is 14.2. The van der Waals surface area contributed by atoms with E-state index in [0.29, 0.717) is 18.8 Å². The molecule has 1 saturated carbocycles. The van der Waals surface area contributed by atoms with Crippen molar-refractivity contribution in [3.05, 3.63) is 36.5 Å². The van der Waals surface area contributed by atoms with Crippen molar-refractivity contribution in [3.8, 4) is 0 Å². The number of allylic oxidation sites excluding steroid dienone is 4. The Bertz CT molecular complexity index is 940. The lowest BCUT2D eigenvalue weighted by Gasteiger charge is -2.53. The Morgan fingerprint density at radius 2 is 1.86 bits per heavy atom. The number of hydrogen-bond acceptors (Lipinski definition) is 6. The molecule has 0 spiro atoms. The molecule has 0 radical (unpaired) electrons. The molecule has 3 N–H and O–H groups in total. The summed E-state index contributed by atoms with van der Waals surface area (Å²) in [6.07, 6.45) is 12.0. The van der Waals surface area contributed by atoms with Gasteiger partial charge in [0.05, 0.1) is 12.2 Å². The molecule has 0 aromatic rings. The van der Waals surface area contributed by atoms with Crippen molar-refractivity contribution in [2.24, 2.45) is 46.8 Å². The number of fused-ring (bicyclic) bond motifs is 1. The number of amides is 1. The maximum absolute atomic E-state index is 14.2.